The van der Waals surface area contributed by atoms with Gasteiger partial charge in [0.05, 0.1) is 5.69 Å². The van der Waals surface area contributed by atoms with Crippen molar-refractivity contribution in [2.24, 2.45) is 5.84 Å². The number of nitrogen functional groups attached to an aromatic ring is 1. The molecule has 0 aliphatic heterocycles. The molecule has 94 valence electrons. The number of hydrogen-bond donors (Lipinski definition) is 3. The average Bonchev–Trinajstić information content (AvgIpc) is 2.36. The quantitative estimate of drug-likeness (QED) is 0.596. The molecule has 0 spiro atoms. The average molecular weight is 329 g/mol. The van der Waals surface area contributed by atoms with Gasteiger partial charge in [0.15, 0.2) is 0 Å². The molecule has 2 aromatic rings. The zero-order valence-corrected chi connectivity index (χ0v) is 11.9. The first-order chi connectivity index (χ1) is 8.61. The van der Waals surface area contributed by atoms with Crippen LogP contribution >= 0.6 is 27.5 Å². The summed E-state index contributed by atoms with van der Waals surface area (Å²) in [5.41, 5.74) is 4.17. The van der Waals surface area contributed by atoms with Gasteiger partial charge in [-0.1, -0.05) is 11.6 Å². The summed E-state index contributed by atoms with van der Waals surface area (Å²) in [6, 6.07) is 5.47. The van der Waals surface area contributed by atoms with E-state index < -0.39 is 0 Å². The molecule has 0 saturated heterocycles. The number of halogens is 2. The largest absolute Gasteiger partial charge is 0.339 e. The normalized spacial score (nSPS) is 10.2. The molecule has 0 saturated carbocycles. The monoisotopic (exact) mass is 327 g/mol. The second kappa shape index (κ2) is 5.51. The lowest BCUT2D eigenvalue weighted by Crippen LogP contribution is -2.11. The molecule has 0 atom stereocenters. The molecule has 0 radical (unpaired) electrons. The van der Waals surface area contributed by atoms with Crippen molar-refractivity contribution in [2.75, 3.05) is 10.7 Å². The molecule has 1 aromatic carbocycles. The van der Waals surface area contributed by atoms with Gasteiger partial charge in [-0.3, -0.25) is 0 Å². The number of nitrogens with zero attached hydrogens (tertiary/aromatic N) is 2. The molecular formula is C11H11BrClN5. The van der Waals surface area contributed by atoms with Crippen LogP contribution in [0, 0.1) is 6.92 Å². The summed E-state index contributed by atoms with van der Waals surface area (Å²) in [5.74, 6) is 6.61. The van der Waals surface area contributed by atoms with E-state index in [1.807, 2.05) is 19.1 Å². The Morgan fingerprint density at radius 2 is 2.00 bits per heavy atom. The van der Waals surface area contributed by atoms with Crippen molar-refractivity contribution in [2.45, 2.75) is 6.92 Å². The van der Waals surface area contributed by atoms with Gasteiger partial charge in [-0.2, -0.15) is 0 Å². The van der Waals surface area contributed by atoms with Crippen molar-refractivity contribution in [3.8, 4) is 0 Å². The van der Waals surface area contributed by atoms with Crippen LogP contribution in [-0.4, -0.2) is 9.97 Å². The SMILES string of the molecule is Cc1c(NN)ncnc1Nc1cc(Cl)ccc1Br. The number of hydrogen-bond acceptors (Lipinski definition) is 5. The predicted molar refractivity (Wildman–Crippen MR) is 77.0 cm³/mol. The number of benzene rings is 1. The van der Waals surface area contributed by atoms with Gasteiger partial charge >= 0.3 is 0 Å². The highest BCUT2D eigenvalue weighted by Crippen LogP contribution is 2.30. The molecule has 0 bridgehead atoms. The van der Waals surface area contributed by atoms with E-state index in [-0.39, 0.29) is 0 Å². The third-order valence-corrected chi connectivity index (χ3v) is 3.33. The fourth-order valence-electron chi connectivity index (χ4n) is 1.44. The zero-order chi connectivity index (χ0) is 13.1. The van der Waals surface area contributed by atoms with E-state index in [0.717, 1.165) is 15.7 Å². The number of nitrogens with one attached hydrogen (secondary N) is 2. The number of anilines is 3. The number of aromatic nitrogens is 2. The fraction of sp³-hybridized carbons (Fsp3) is 0.0909. The van der Waals surface area contributed by atoms with E-state index >= 15 is 0 Å². The highest BCUT2D eigenvalue weighted by atomic mass is 79.9. The topological polar surface area (TPSA) is 75.9 Å². The Labute approximate surface area is 118 Å². The standard InChI is InChI=1S/C11H11BrClN5/c1-6-10(15-5-16-11(6)18-14)17-9-4-7(13)2-3-8(9)12/h2-5H,14H2,1H3,(H2,15,16,17,18). The van der Waals surface area contributed by atoms with E-state index in [0.29, 0.717) is 16.7 Å². The Morgan fingerprint density at radius 1 is 1.28 bits per heavy atom. The van der Waals surface area contributed by atoms with Crippen molar-refractivity contribution in [1.82, 2.24) is 9.97 Å². The molecular weight excluding hydrogens is 318 g/mol. The van der Waals surface area contributed by atoms with Gasteiger partial charge in [-0.15, -0.1) is 0 Å². The van der Waals surface area contributed by atoms with Crippen LogP contribution in [0.15, 0.2) is 29.0 Å². The van der Waals surface area contributed by atoms with Crippen molar-refractivity contribution < 1.29 is 0 Å². The summed E-state index contributed by atoms with van der Waals surface area (Å²) in [6.07, 6.45) is 1.43. The Morgan fingerprint density at radius 3 is 2.72 bits per heavy atom. The number of nitrogens with two attached hydrogens (primary N) is 1. The van der Waals surface area contributed by atoms with Gasteiger partial charge in [0, 0.05) is 15.1 Å². The molecule has 0 aliphatic carbocycles. The Balaban J connectivity index is 2.37. The first kappa shape index (κ1) is 13.1. The van der Waals surface area contributed by atoms with Gasteiger partial charge in [0.25, 0.3) is 0 Å². The maximum Gasteiger partial charge on any atom is 0.148 e. The predicted octanol–water partition coefficient (Wildman–Crippen LogP) is 3.23. The lowest BCUT2D eigenvalue weighted by molar-refractivity contribution is 1.10. The van der Waals surface area contributed by atoms with Crippen molar-refractivity contribution in [1.29, 1.82) is 0 Å². The fourth-order valence-corrected chi connectivity index (χ4v) is 1.96. The summed E-state index contributed by atoms with van der Waals surface area (Å²) in [6.45, 7) is 1.87. The van der Waals surface area contributed by atoms with Crippen LogP contribution < -0.4 is 16.6 Å². The number of rotatable bonds is 3. The van der Waals surface area contributed by atoms with Crippen molar-refractivity contribution in [3.05, 3.63) is 39.6 Å². The summed E-state index contributed by atoms with van der Waals surface area (Å²) in [5, 5.41) is 3.82. The van der Waals surface area contributed by atoms with Crippen molar-refractivity contribution >= 4 is 44.9 Å². The second-order valence-electron chi connectivity index (χ2n) is 3.59. The van der Waals surface area contributed by atoms with Gasteiger partial charge in [0.1, 0.15) is 18.0 Å². The van der Waals surface area contributed by atoms with Gasteiger partial charge in [-0.05, 0) is 41.1 Å². The molecule has 1 heterocycles. The lowest BCUT2D eigenvalue weighted by atomic mass is 10.2. The second-order valence-corrected chi connectivity index (χ2v) is 4.88. The molecule has 0 unspecified atom stereocenters. The molecule has 5 nitrogen and oxygen atoms in total. The summed E-state index contributed by atoms with van der Waals surface area (Å²) in [4.78, 5) is 8.19. The minimum absolute atomic E-state index is 0.575. The van der Waals surface area contributed by atoms with Crippen molar-refractivity contribution in [3.63, 3.8) is 0 Å². The number of hydrazine groups is 1. The van der Waals surface area contributed by atoms with Crippen LogP contribution in [0.5, 0.6) is 0 Å². The highest BCUT2D eigenvalue weighted by molar-refractivity contribution is 9.10. The van der Waals surface area contributed by atoms with E-state index in [1.165, 1.54) is 6.33 Å². The van der Waals surface area contributed by atoms with Gasteiger partial charge in [-0.25, -0.2) is 15.8 Å². The van der Waals surface area contributed by atoms with Gasteiger partial charge < -0.3 is 10.7 Å². The van der Waals surface area contributed by atoms with Crippen LogP contribution in [-0.2, 0) is 0 Å². The molecule has 1 aromatic heterocycles. The van der Waals surface area contributed by atoms with Crippen LogP contribution in [0.2, 0.25) is 5.02 Å². The molecule has 4 N–H and O–H groups in total. The van der Waals surface area contributed by atoms with Crippen LogP contribution in [0.25, 0.3) is 0 Å². The zero-order valence-electron chi connectivity index (χ0n) is 9.54. The van der Waals surface area contributed by atoms with E-state index in [4.69, 9.17) is 17.4 Å². The Kier molecular flexibility index (Phi) is 4.00. The van der Waals surface area contributed by atoms with Crippen LogP contribution in [0.3, 0.4) is 0 Å². The molecule has 0 fully saturated rings. The van der Waals surface area contributed by atoms with Crippen LogP contribution in [0.4, 0.5) is 17.3 Å². The van der Waals surface area contributed by atoms with E-state index in [2.05, 4.69) is 36.6 Å². The summed E-state index contributed by atoms with van der Waals surface area (Å²) < 4.78 is 0.896. The maximum atomic E-state index is 5.96. The van der Waals surface area contributed by atoms with E-state index in [9.17, 15) is 0 Å². The van der Waals surface area contributed by atoms with Crippen LogP contribution in [0.1, 0.15) is 5.56 Å². The first-order valence-electron chi connectivity index (χ1n) is 5.12. The molecule has 0 amide bonds. The third kappa shape index (κ3) is 2.72. The van der Waals surface area contributed by atoms with E-state index in [1.54, 1.807) is 6.07 Å². The Hall–Kier alpha value is -1.37. The maximum absolute atomic E-state index is 5.96. The Bertz CT molecular complexity index is 575. The third-order valence-electron chi connectivity index (χ3n) is 2.40. The lowest BCUT2D eigenvalue weighted by Gasteiger charge is -2.12. The molecule has 2 rings (SSSR count). The molecule has 18 heavy (non-hydrogen) atoms. The minimum Gasteiger partial charge on any atom is -0.339 e. The summed E-state index contributed by atoms with van der Waals surface area (Å²) in [7, 11) is 0. The highest BCUT2D eigenvalue weighted by Gasteiger charge is 2.08. The summed E-state index contributed by atoms with van der Waals surface area (Å²) >= 11 is 9.40. The van der Waals surface area contributed by atoms with Gasteiger partial charge in [0.2, 0.25) is 0 Å². The molecule has 0 aliphatic rings. The minimum atomic E-state index is 0.575. The smallest absolute Gasteiger partial charge is 0.148 e. The molecule has 7 heteroatoms. The first-order valence-corrected chi connectivity index (χ1v) is 6.29.